The molecule has 1 aliphatic heterocycles. The molecule has 0 bridgehead atoms. The summed E-state index contributed by atoms with van der Waals surface area (Å²) in [5.41, 5.74) is 1.54. The number of carbonyl (C=O) groups excluding carboxylic acids is 1. The zero-order valence-corrected chi connectivity index (χ0v) is 13.8. The van der Waals surface area contributed by atoms with E-state index in [0.717, 1.165) is 18.1 Å². The molecule has 1 atom stereocenters. The average molecular weight is 349 g/mol. The van der Waals surface area contributed by atoms with Gasteiger partial charge in [0.1, 0.15) is 5.82 Å². The smallest absolute Gasteiger partial charge is 0.338 e. The topological polar surface area (TPSA) is 29.5 Å². The maximum absolute atomic E-state index is 13.8. The molecule has 0 N–H and O–H groups in total. The van der Waals surface area contributed by atoms with Gasteiger partial charge in [-0.05, 0) is 36.6 Å². The van der Waals surface area contributed by atoms with Crippen LogP contribution in [0.25, 0.3) is 0 Å². The van der Waals surface area contributed by atoms with Crippen molar-refractivity contribution in [2.45, 2.75) is 18.9 Å². The summed E-state index contributed by atoms with van der Waals surface area (Å²) < 4.78 is 45.0. The minimum Gasteiger partial charge on any atom is -0.465 e. The van der Waals surface area contributed by atoms with Crippen LogP contribution in [0.4, 0.5) is 13.2 Å². The molecule has 1 unspecified atom stereocenters. The molecule has 1 aliphatic rings. The van der Waals surface area contributed by atoms with Crippen LogP contribution in [-0.2, 0) is 11.3 Å². The van der Waals surface area contributed by atoms with Crippen LogP contribution in [0.3, 0.4) is 0 Å². The number of halogens is 3. The average Bonchev–Trinajstić information content (AvgIpc) is 3.07. The monoisotopic (exact) mass is 349 g/mol. The van der Waals surface area contributed by atoms with Crippen molar-refractivity contribution in [3.05, 3.63) is 70.5 Å². The summed E-state index contributed by atoms with van der Waals surface area (Å²) in [6.07, 6.45) is 0.791. The standard InChI is InChI=1S/C19H18F3NO2/c1-25-19(24)15-5-3-2-4-14(15)12-6-7-23(10-12)11-13-8-17(21)18(22)9-16(13)20/h2-5,8-9,12H,6-7,10-11H2,1H3. The van der Waals surface area contributed by atoms with E-state index in [0.29, 0.717) is 24.7 Å². The van der Waals surface area contributed by atoms with Crippen molar-refractivity contribution in [3.8, 4) is 0 Å². The molecule has 1 fully saturated rings. The third-order valence-electron chi connectivity index (χ3n) is 4.56. The minimum absolute atomic E-state index is 0.101. The maximum Gasteiger partial charge on any atom is 0.338 e. The molecule has 1 heterocycles. The van der Waals surface area contributed by atoms with E-state index in [9.17, 15) is 18.0 Å². The van der Waals surface area contributed by atoms with Gasteiger partial charge in [-0.15, -0.1) is 0 Å². The molecule has 1 saturated heterocycles. The fraction of sp³-hybridized carbons (Fsp3) is 0.316. The van der Waals surface area contributed by atoms with Crippen molar-refractivity contribution in [1.29, 1.82) is 0 Å². The highest BCUT2D eigenvalue weighted by atomic mass is 19.2. The van der Waals surface area contributed by atoms with E-state index in [1.165, 1.54) is 7.11 Å². The Morgan fingerprint density at radius 1 is 1.16 bits per heavy atom. The van der Waals surface area contributed by atoms with Crippen molar-refractivity contribution in [3.63, 3.8) is 0 Å². The predicted molar refractivity (Wildman–Crippen MR) is 86.7 cm³/mol. The van der Waals surface area contributed by atoms with Crippen LogP contribution < -0.4 is 0 Å². The van der Waals surface area contributed by atoms with Gasteiger partial charge in [0, 0.05) is 24.7 Å². The molecule has 2 aromatic rings. The van der Waals surface area contributed by atoms with E-state index < -0.39 is 17.5 Å². The summed E-state index contributed by atoms with van der Waals surface area (Å²) in [4.78, 5) is 13.9. The number of methoxy groups -OCH3 is 1. The van der Waals surface area contributed by atoms with Gasteiger partial charge < -0.3 is 4.74 Å². The molecule has 6 heteroatoms. The number of benzene rings is 2. The van der Waals surface area contributed by atoms with Crippen LogP contribution in [0.15, 0.2) is 36.4 Å². The molecule has 0 radical (unpaired) electrons. The Bertz CT molecular complexity index is 794. The number of likely N-dealkylation sites (tertiary alicyclic amines) is 1. The van der Waals surface area contributed by atoms with E-state index in [-0.39, 0.29) is 24.0 Å². The van der Waals surface area contributed by atoms with Gasteiger partial charge in [0.25, 0.3) is 0 Å². The second kappa shape index (κ2) is 7.27. The van der Waals surface area contributed by atoms with E-state index >= 15 is 0 Å². The molecule has 0 aliphatic carbocycles. The summed E-state index contributed by atoms with van der Waals surface area (Å²) in [6.45, 7) is 1.48. The zero-order chi connectivity index (χ0) is 18.0. The molecular formula is C19H18F3NO2. The second-order valence-electron chi connectivity index (χ2n) is 6.16. The molecule has 25 heavy (non-hydrogen) atoms. The molecular weight excluding hydrogens is 331 g/mol. The van der Waals surface area contributed by atoms with Crippen LogP contribution in [0.2, 0.25) is 0 Å². The Hall–Kier alpha value is -2.34. The second-order valence-corrected chi connectivity index (χ2v) is 6.16. The van der Waals surface area contributed by atoms with Gasteiger partial charge in [0.15, 0.2) is 11.6 Å². The molecule has 0 saturated carbocycles. The first kappa shape index (κ1) is 17.5. The fourth-order valence-electron chi connectivity index (χ4n) is 3.30. The predicted octanol–water partition coefficient (Wildman–Crippen LogP) is 3.88. The quantitative estimate of drug-likeness (QED) is 0.620. The fourth-order valence-corrected chi connectivity index (χ4v) is 3.30. The lowest BCUT2D eigenvalue weighted by Crippen LogP contribution is -2.21. The van der Waals surface area contributed by atoms with Crippen LogP contribution in [-0.4, -0.2) is 31.1 Å². The van der Waals surface area contributed by atoms with Crippen LogP contribution >= 0.6 is 0 Å². The van der Waals surface area contributed by atoms with Gasteiger partial charge in [-0.1, -0.05) is 18.2 Å². The Morgan fingerprint density at radius 3 is 2.64 bits per heavy atom. The summed E-state index contributed by atoms with van der Waals surface area (Å²) in [5, 5.41) is 0. The van der Waals surface area contributed by atoms with Crippen molar-refractivity contribution in [2.75, 3.05) is 20.2 Å². The SMILES string of the molecule is COC(=O)c1ccccc1C1CCN(Cc2cc(F)c(F)cc2F)C1. The Balaban J connectivity index is 1.75. The van der Waals surface area contributed by atoms with Crippen LogP contribution in [0.1, 0.15) is 33.8 Å². The largest absolute Gasteiger partial charge is 0.465 e. The van der Waals surface area contributed by atoms with Crippen molar-refractivity contribution < 1.29 is 22.7 Å². The van der Waals surface area contributed by atoms with Gasteiger partial charge in [-0.25, -0.2) is 18.0 Å². The number of carbonyl (C=O) groups is 1. The first-order valence-corrected chi connectivity index (χ1v) is 8.02. The first-order chi connectivity index (χ1) is 12.0. The molecule has 0 aromatic heterocycles. The molecule has 2 aromatic carbocycles. The van der Waals surface area contributed by atoms with Gasteiger partial charge in [0.05, 0.1) is 12.7 Å². The zero-order valence-electron chi connectivity index (χ0n) is 13.8. The molecule has 0 spiro atoms. The third kappa shape index (κ3) is 3.69. The summed E-state index contributed by atoms with van der Waals surface area (Å²) >= 11 is 0. The number of esters is 1. The molecule has 132 valence electrons. The number of rotatable bonds is 4. The number of nitrogens with zero attached hydrogens (tertiary/aromatic N) is 1. The summed E-state index contributed by atoms with van der Waals surface area (Å²) in [5.74, 6) is -3.28. The van der Waals surface area contributed by atoms with Crippen molar-refractivity contribution >= 4 is 5.97 Å². The van der Waals surface area contributed by atoms with E-state index in [2.05, 4.69) is 0 Å². The lowest BCUT2D eigenvalue weighted by atomic mass is 9.93. The third-order valence-corrected chi connectivity index (χ3v) is 4.56. The lowest BCUT2D eigenvalue weighted by Gasteiger charge is -2.18. The number of hydrogen-bond acceptors (Lipinski definition) is 3. The minimum atomic E-state index is -1.19. The highest BCUT2D eigenvalue weighted by Gasteiger charge is 2.28. The van der Waals surface area contributed by atoms with Gasteiger partial charge in [0.2, 0.25) is 0 Å². The van der Waals surface area contributed by atoms with Gasteiger partial charge in [-0.2, -0.15) is 0 Å². The highest BCUT2D eigenvalue weighted by Crippen LogP contribution is 2.31. The van der Waals surface area contributed by atoms with Crippen LogP contribution in [0.5, 0.6) is 0 Å². The molecule has 3 rings (SSSR count). The lowest BCUT2D eigenvalue weighted by molar-refractivity contribution is 0.0599. The Kier molecular flexibility index (Phi) is 5.08. The number of hydrogen-bond donors (Lipinski definition) is 0. The molecule has 0 amide bonds. The maximum atomic E-state index is 13.8. The Labute approximate surface area is 144 Å². The first-order valence-electron chi connectivity index (χ1n) is 8.02. The number of ether oxygens (including phenoxy) is 1. The summed E-state index contributed by atoms with van der Waals surface area (Å²) in [7, 11) is 1.34. The highest BCUT2D eigenvalue weighted by molar-refractivity contribution is 5.91. The van der Waals surface area contributed by atoms with Crippen LogP contribution in [0, 0.1) is 17.5 Å². The summed E-state index contributed by atoms with van der Waals surface area (Å²) in [6, 6.07) is 8.72. The van der Waals surface area contributed by atoms with Gasteiger partial charge >= 0.3 is 5.97 Å². The van der Waals surface area contributed by atoms with Crippen molar-refractivity contribution in [2.24, 2.45) is 0 Å². The van der Waals surface area contributed by atoms with E-state index in [1.807, 2.05) is 17.0 Å². The molecule has 3 nitrogen and oxygen atoms in total. The van der Waals surface area contributed by atoms with E-state index in [1.54, 1.807) is 12.1 Å². The normalized spacial score (nSPS) is 17.7. The Morgan fingerprint density at radius 2 is 1.88 bits per heavy atom. The van der Waals surface area contributed by atoms with Gasteiger partial charge in [-0.3, -0.25) is 4.90 Å². The van der Waals surface area contributed by atoms with Crippen molar-refractivity contribution in [1.82, 2.24) is 4.90 Å². The van der Waals surface area contributed by atoms with E-state index in [4.69, 9.17) is 4.74 Å².